The normalized spacial score (nSPS) is 11.9. The second-order valence-electron chi connectivity index (χ2n) is 4.76. The number of amides is 1. The van der Waals surface area contributed by atoms with Crippen molar-refractivity contribution >= 4 is 5.91 Å². The number of ether oxygens (including phenoxy) is 1. The Morgan fingerprint density at radius 3 is 3.05 bits per heavy atom. The Bertz CT molecular complexity index is 572. The van der Waals surface area contributed by atoms with Gasteiger partial charge in [-0.2, -0.15) is 5.10 Å². The molecule has 0 saturated carbocycles. The molecule has 6 heteroatoms. The highest BCUT2D eigenvalue weighted by atomic mass is 19.1. The van der Waals surface area contributed by atoms with Crippen molar-refractivity contribution in [3.63, 3.8) is 0 Å². The fourth-order valence-electron chi connectivity index (χ4n) is 1.82. The molecule has 0 saturated heterocycles. The molecular weight excluding hydrogens is 273 g/mol. The maximum absolute atomic E-state index is 13.0. The lowest BCUT2D eigenvalue weighted by Crippen LogP contribution is -2.37. The Balaban J connectivity index is 1.68. The highest BCUT2D eigenvalue weighted by molar-refractivity contribution is 5.76. The van der Waals surface area contributed by atoms with Gasteiger partial charge in [-0.05, 0) is 25.1 Å². The van der Waals surface area contributed by atoms with Gasteiger partial charge in [-0.15, -0.1) is 0 Å². The smallest absolute Gasteiger partial charge is 0.222 e. The zero-order chi connectivity index (χ0) is 15.1. The molecule has 1 aromatic heterocycles. The van der Waals surface area contributed by atoms with E-state index in [1.165, 1.54) is 12.1 Å². The fraction of sp³-hybridized carbons (Fsp3) is 0.333. The highest BCUT2D eigenvalue weighted by Crippen LogP contribution is 2.11. The predicted molar refractivity (Wildman–Crippen MR) is 76.3 cm³/mol. The topological polar surface area (TPSA) is 56.1 Å². The Kier molecular flexibility index (Phi) is 5.31. The summed E-state index contributed by atoms with van der Waals surface area (Å²) in [7, 11) is 0. The Hall–Kier alpha value is -2.37. The van der Waals surface area contributed by atoms with Gasteiger partial charge in [0.1, 0.15) is 18.2 Å². The van der Waals surface area contributed by atoms with Gasteiger partial charge in [-0.1, -0.05) is 6.07 Å². The summed E-state index contributed by atoms with van der Waals surface area (Å²) in [5.41, 5.74) is 0. The third-order valence-electron chi connectivity index (χ3n) is 2.83. The first-order valence-electron chi connectivity index (χ1n) is 6.78. The van der Waals surface area contributed by atoms with Crippen LogP contribution in [-0.4, -0.2) is 28.3 Å². The van der Waals surface area contributed by atoms with E-state index in [9.17, 15) is 9.18 Å². The minimum absolute atomic E-state index is 0.0687. The molecule has 1 amide bonds. The average Bonchev–Trinajstić information content (AvgIpc) is 2.96. The summed E-state index contributed by atoms with van der Waals surface area (Å²) < 4.78 is 20.1. The second-order valence-corrected chi connectivity index (χ2v) is 4.76. The van der Waals surface area contributed by atoms with Crippen LogP contribution in [0.2, 0.25) is 0 Å². The van der Waals surface area contributed by atoms with Crippen LogP contribution < -0.4 is 10.1 Å². The quantitative estimate of drug-likeness (QED) is 0.849. The van der Waals surface area contributed by atoms with Crippen LogP contribution in [0.4, 0.5) is 4.39 Å². The minimum atomic E-state index is -0.344. The van der Waals surface area contributed by atoms with E-state index in [0.717, 1.165) is 0 Å². The maximum Gasteiger partial charge on any atom is 0.222 e. The summed E-state index contributed by atoms with van der Waals surface area (Å²) in [6.45, 7) is 2.67. The van der Waals surface area contributed by atoms with Crippen LogP contribution in [-0.2, 0) is 11.3 Å². The molecule has 112 valence electrons. The zero-order valence-corrected chi connectivity index (χ0v) is 11.8. The number of halogens is 1. The Morgan fingerprint density at radius 1 is 1.48 bits per heavy atom. The van der Waals surface area contributed by atoms with Gasteiger partial charge in [0.2, 0.25) is 5.91 Å². The SMILES string of the molecule is CC(COc1cccc(F)c1)NC(=O)CCn1cccn1. The van der Waals surface area contributed by atoms with Crippen molar-refractivity contribution in [2.24, 2.45) is 0 Å². The summed E-state index contributed by atoms with van der Waals surface area (Å²) in [4.78, 5) is 11.7. The summed E-state index contributed by atoms with van der Waals surface area (Å²) in [6.07, 6.45) is 3.84. The van der Waals surface area contributed by atoms with Gasteiger partial charge in [0.15, 0.2) is 0 Å². The molecule has 0 spiro atoms. The molecule has 0 fully saturated rings. The van der Waals surface area contributed by atoms with Gasteiger partial charge in [0.25, 0.3) is 0 Å². The molecule has 2 rings (SSSR count). The van der Waals surface area contributed by atoms with Crippen molar-refractivity contribution in [1.29, 1.82) is 0 Å². The number of carbonyl (C=O) groups is 1. The molecule has 5 nitrogen and oxygen atoms in total. The van der Waals surface area contributed by atoms with E-state index in [4.69, 9.17) is 4.74 Å². The third-order valence-corrected chi connectivity index (χ3v) is 2.83. The Labute approximate surface area is 122 Å². The van der Waals surface area contributed by atoms with Gasteiger partial charge in [0.05, 0.1) is 6.04 Å². The zero-order valence-electron chi connectivity index (χ0n) is 11.8. The number of aryl methyl sites for hydroxylation is 1. The number of carbonyl (C=O) groups excluding carboxylic acids is 1. The highest BCUT2D eigenvalue weighted by Gasteiger charge is 2.08. The van der Waals surface area contributed by atoms with E-state index in [-0.39, 0.29) is 24.4 Å². The van der Waals surface area contributed by atoms with Crippen molar-refractivity contribution in [2.75, 3.05) is 6.61 Å². The van der Waals surface area contributed by atoms with Crippen LogP contribution in [0.3, 0.4) is 0 Å². The minimum Gasteiger partial charge on any atom is -0.491 e. The largest absolute Gasteiger partial charge is 0.491 e. The first kappa shape index (κ1) is 15.0. The van der Waals surface area contributed by atoms with Crippen LogP contribution in [0.5, 0.6) is 5.75 Å². The predicted octanol–water partition coefficient (Wildman–Crippen LogP) is 2.00. The second kappa shape index (κ2) is 7.42. The number of nitrogens with zero attached hydrogens (tertiary/aromatic N) is 2. The van der Waals surface area contributed by atoms with Crippen LogP contribution in [0.15, 0.2) is 42.7 Å². The number of aromatic nitrogens is 2. The summed E-state index contributed by atoms with van der Waals surface area (Å²) in [5.74, 6) is 0.0388. The Morgan fingerprint density at radius 2 is 2.33 bits per heavy atom. The van der Waals surface area contributed by atoms with Crippen molar-refractivity contribution in [3.8, 4) is 5.75 Å². The lowest BCUT2D eigenvalue weighted by Gasteiger charge is -2.15. The summed E-state index contributed by atoms with van der Waals surface area (Å²) in [6, 6.07) is 7.58. The molecule has 1 unspecified atom stereocenters. The number of rotatable bonds is 7. The first-order chi connectivity index (χ1) is 10.1. The van der Waals surface area contributed by atoms with Gasteiger partial charge < -0.3 is 10.1 Å². The first-order valence-corrected chi connectivity index (χ1v) is 6.78. The number of nitrogens with one attached hydrogen (secondary N) is 1. The molecule has 1 heterocycles. The average molecular weight is 291 g/mol. The summed E-state index contributed by atoms with van der Waals surface area (Å²) >= 11 is 0. The van der Waals surface area contributed by atoms with E-state index in [2.05, 4.69) is 10.4 Å². The van der Waals surface area contributed by atoms with Gasteiger partial charge in [0, 0.05) is 31.4 Å². The fourth-order valence-corrected chi connectivity index (χ4v) is 1.82. The molecule has 2 aromatic rings. The van der Waals surface area contributed by atoms with Crippen molar-refractivity contribution in [2.45, 2.75) is 25.9 Å². The number of hydrogen-bond donors (Lipinski definition) is 1. The van der Waals surface area contributed by atoms with Gasteiger partial charge in [-0.25, -0.2) is 4.39 Å². The molecule has 0 bridgehead atoms. The van der Waals surface area contributed by atoms with Crippen molar-refractivity contribution in [1.82, 2.24) is 15.1 Å². The van der Waals surface area contributed by atoms with Crippen LogP contribution >= 0.6 is 0 Å². The molecule has 1 N–H and O–H groups in total. The van der Waals surface area contributed by atoms with Gasteiger partial charge in [-0.3, -0.25) is 9.48 Å². The molecule has 0 aliphatic heterocycles. The van der Waals surface area contributed by atoms with Crippen molar-refractivity contribution < 1.29 is 13.9 Å². The van der Waals surface area contributed by atoms with Crippen molar-refractivity contribution in [3.05, 3.63) is 48.5 Å². The molecule has 0 aliphatic rings. The lowest BCUT2D eigenvalue weighted by atomic mass is 10.3. The van der Waals surface area contributed by atoms with Crippen LogP contribution in [0.1, 0.15) is 13.3 Å². The van der Waals surface area contributed by atoms with E-state index in [1.54, 1.807) is 23.0 Å². The monoisotopic (exact) mass is 291 g/mol. The van der Waals surface area contributed by atoms with E-state index in [1.807, 2.05) is 19.2 Å². The maximum atomic E-state index is 13.0. The van der Waals surface area contributed by atoms with E-state index in [0.29, 0.717) is 18.7 Å². The number of benzene rings is 1. The molecule has 1 atom stereocenters. The van der Waals surface area contributed by atoms with E-state index >= 15 is 0 Å². The standard InChI is InChI=1S/C15H18FN3O2/c1-12(11-21-14-5-2-4-13(16)10-14)18-15(20)6-9-19-8-3-7-17-19/h2-5,7-8,10,12H,6,9,11H2,1H3,(H,18,20). The lowest BCUT2D eigenvalue weighted by molar-refractivity contribution is -0.122. The van der Waals surface area contributed by atoms with Gasteiger partial charge >= 0.3 is 0 Å². The van der Waals surface area contributed by atoms with Crippen LogP contribution in [0.25, 0.3) is 0 Å². The molecule has 0 radical (unpaired) electrons. The third kappa shape index (κ3) is 5.25. The molecule has 21 heavy (non-hydrogen) atoms. The molecule has 0 aliphatic carbocycles. The van der Waals surface area contributed by atoms with Crippen LogP contribution in [0, 0.1) is 5.82 Å². The van der Waals surface area contributed by atoms with E-state index < -0.39 is 0 Å². The summed E-state index contributed by atoms with van der Waals surface area (Å²) in [5, 5.41) is 6.86. The molecular formula is C15H18FN3O2. The number of hydrogen-bond acceptors (Lipinski definition) is 3. The molecule has 1 aromatic carbocycles.